The number of rotatable bonds is 8. The topological polar surface area (TPSA) is 8.17 Å². The van der Waals surface area contributed by atoms with Crippen LogP contribution in [0.1, 0.15) is 23.3 Å². The van der Waals surface area contributed by atoms with E-state index in [1.54, 1.807) is 60.7 Å². The lowest BCUT2D eigenvalue weighted by molar-refractivity contribution is 1.20. The Morgan fingerprint density at radius 1 is 0.350 bits per heavy atom. The quantitative estimate of drug-likeness (QED) is 0.149. The lowest BCUT2D eigenvalue weighted by Crippen LogP contribution is -2.11. The summed E-state index contributed by atoms with van der Waals surface area (Å²) in [6.45, 7) is 0. The molecule has 0 aliphatic rings. The minimum Gasteiger partial charge on any atom is -0.310 e. The Bertz CT molecular complexity index is 4200. The fourth-order valence-electron chi connectivity index (χ4n) is 7.72. The summed E-state index contributed by atoms with van der Waals surface area (Å²) in [5.74, 6) is 0. The highest BCUT2D eigenvalue weighted by atomic mass is 15.1. The summed E-state index contributed by atoms with van der Waals surface area (Å²) in [6, 6.07) is 30.4. The first kappa shape index (κ1) is 21.7. The highest BCUT2D eigenvalue weighted by Gasteiger charge is 2.19. The first-order valence-corrected chi connectivity index (χ1v) is 19.2. The molecule has 11 aromatic rings. The number of fused-ring (bicyclic) bond motifs is 4. The van der Waals surface area contributed by atoms with E-state index in [1.165, 1.54) is 0 Å². The van der Waals surface area contributed by atoms with E-state index < -0.39 is 136 Å². The van der Waals surface area contributed by atoms with Crippen LogP contribution < -0.4 is 4.90 Å². The summed E-state index contributed by atoms with van der Waals surface area (Å²) in [4.78, 5) is 1.16. The van der Waals surface area contributed by atoms with Crippen molar-refractivity contribution in [1.29, 1.82) is 0 Å². The first-order chi connectivity index (χ1) is 36.9. The maximum atomic E-state index is 9.80. The molecule has 0 saturated carbocycles. The fraction of sp³-hybridized carbons (Fsp3) is 0. The number of nitrogens with zero attached hydrogens (tertiary/aromatic N) is 2. The van der Waals surface area contributed by atoms with Crippen LogP contribution in [0, 0.1) is 0 Å². The van der Waals surface area contributed by atoms with Crippen LogP contribution in [0.3, 0.4) is 0 Å². The lowest BCUT2D eigenvalue weighted by Gasteiger charge is -2.28. The Hall–Kier alpha value is -7.94. The third-order valence-electron chi connectivity index (χ3n) is 10.5. The van der Waals surface area contributed by atoms with Gasteiger partial charge in [-0.05, 0) is 98.8 Å². The minimum atomic E-state index is -0.876. The second-order valence-electron chi connectivity index (χ2n) is 14.0. The molecule has 1 heterocycles. The van der Waals surface area contributed by atoms with Gasteiger partial charge in [0.15, 0.2) is 0 Å². The molecule has 282 valence electrons. The van der Waals surface area contributed by atoms with E-state index in [4.69, 9.17) is 12.3 Å². The molecule has 2 heteroatoms. The molecule has 0 unspecified atom stereocenters. The molecule has 0 fully saturated rings. The molecule has 0 radical (unpaired) electrons. The molecular formula is C58H40N2. The zero-order valence-corrected chi connectivity index (χ0v) is 31.7. The van der Waals surface area contributed by atoms with E-state index in [1.807, 2.05) is 72.8 Å². The Balaban J connectivity index is 1.14. The normalized spacial score (nSPS) is 15.3. The zero-order chi connectivity index (χ0) is 54.6. The van der Waals surface area contributed by atoms with Gasteiger partial charge in [-0.25, -0.2) is 0 Å². The van der Waals surface area contributed by atoms with E-state index >= 15 is 0 Å². The molecule has 0 atom stereocenters. The second kappa shape index (κ2) is 15.1. The molecule has 0 aliphatic carbocycles. The maximum absolute atomic E-state index is 9.80. The summed E-state index contributed by atoms with van der Waals surface area (Å²) in [5.41, 5.74) is 0.773. The van der Waals surface area contributed by atoms with E-state index in [0.717, 1.165) is 43.2 Å². The van der Waals surface area contributed by atoms with E-state index in [-0.39, 0.29) is 11.3 Å². The van der Waals surface area contributed by atoms with Gasteiger partial charge in [0.1, 0.15) is 0 Å². The Morgan fingerprint density at radius 3 is 1.60 bits per heavy atom. The van der Waals surface area contributed by atoms with Crippen molar-refractivity contribution in [3.63, 3.8) is 0 Å². The van der Waals surface area contributed by atoms with Crippen LogP contribution in [0.4, 0.5) is 17.1 Å². The van der Waals surface area contributed by atoms with Crippen LogP contribution in [0.25, 0.3) is 82.8 Å². The molecule has 0 amide bonds. The summed E-state index contributed by atoms with van der Waals surface area (Å²) in [6.07, 6.45) is 0. The summed E-state index contributed by atoms with van der Waals surface area (Å²) in [7, 11) is 0. The van der Waals surface area contributed by atoms with Crippen molar-refractivity contribution in [3.05, 3.63) is 242 Å². The smallest absolute Gasteiger partial charge is 0.0645 e. The highest BCUT2D eigenvalue weighted by molar-refractivity contribution is 6.11. The van der Waals surface area contributed by atoms with Gasteiger partial charge >= 0.3 is 0 Å². The van der Waals surface area contributed by atoms with Gasteiger partial charge in [0.05, 0.1) is 45.7 Å². The van der Waals surface area contributed by atoms with Gasteiger partial charge in [0, 0.05) is 33.1 Å². The third kappa shape index (κ3) is 6.32. The molecule has 0 saturated heterocycles. The third-order valence-corrected chi connectivity index (χ3v) is 10.5. The van der Waals surface area contributed by atoms with Crippen LogP contribution in [-0.2, 0) is 0 Å². The summed E-state index contributed by atoms with van der Waals surface area (Å²) >= 11 is 0. The molecule has 60 heavy (non-hydrogen) atoms. The molecule has 0 aliphatic heterocycles. The van der Waals surface area contributed by atoms with Crippen molar-refractivity contribution >= 4 is 49.6 Å². The standard InChI is InChI=1S/C58H40N2/c1-3-14-41(15-4-1)42-26-28-43(29-27-42)44-30-35-49(36-31-44)59(55-23-11-9-21-51(55)46-16-5-2-6-17-46)50-37-32-45(33-38-50)48-34-39-58-54(40-48)53-22-10-12-24-57(53)60(58)56-25-13-19-47-18-7-8-20-52(47)56/h1-40H/i1D,3D,4D,14D,15D,26D,27D,28D,29D,30D,31D,32D,33D,35D,36D,37D,38D. The molecular weight excluding hydrogens is 725 g/mol. The lowest BCUT2D eigenvalue weighted by atomic mass is 9.99. The van der Waals surface area contributed by atoms with Crippen molar-refractivity contribution < 1.29 is 23.3 Å². The van der Waals surface area contributed by atoms with Gasteiger partial charge in [-0.1, -0.05) is 188 Å². The molecule has 11 rings (SSSR count). The zero-order valence-electron chi connectivity index (χ0n) is 48.7. The van der Waals surface area contributed by atoms with Crippen LogP contribution in [0.15, 0.2) is 242 Å². The fourth-order valence-corrected chi connectivity index (χ4v) is 7.72. The molecule has 2 nitrogen and oxygen atoms in total. The SMILES string of the molecule is [2H]c1c([2H])c([2H])c(-c2c([2H])c([2H])c(-c3c([2H])c([2H])c(N(c4ccccc4-c4ccccc4)c4c([2H])c([2H])c(-c5ccc6c(c5)c5ccccc5n6-c5cccc6ccccc56)c([2H])c4[2H])c([2H])c3[2H])c([2H])c2[2H])c([2H])c1[2H]. The van der Waals surface area contributed by atoms with Crippen LogP contribution in [-0.4, -0.2) is 4.57 Å². The predicted octanol–water partition coefficient (Wildman–Crippen LogP) is 16.1. The van der Waals surface area contributed by atoms with Crippen molar-refractivity contribution in [2.24, 2.45) is 0 Å². The van der Waals surface area contributed by atoms with Gasteiger partial charge < -0.3 is 9.47 Å². The molecule has 0 spiro atoms. The number of anilines is 3. The van der Waals surface area contributed by atoms with Crippen molar-refractivity contribution in [2.45, 2.75) is 0 Å². The summed E-state index contributed by atoms with van der Waals surface area (Å²) < 4.78 is 157. The van der Waals surface area contributed by atoms with E-state index in [0.29, 0.717) is 16.7 Å². The van der Waals surface area contributed by atoms with E-state index in [9.17, 15) is 11.0 Å². The van der Waals surface area contributed by atoms with Crippen molar-refractivity contribution in [3.8, 4) is 50.2 Å². The molecule has 0 bridgehead atoms. The molecule has 1 aromatic heterocycles. The Labute approximate surface area is 374 Å². The van der Waals surface area contributed by atoms with Gasteiger partial charge in [0.25, 0.3) is 0 Å². The monoisotopic (exact) mass is 781 g/mol. The number of benzene rings is 10. The van der Waals surface area contributed by atoms with Crippen molar-refractivity contribution in [1.82, 2.24) is 4.57 Å². The molecule has 10 aromatic carbocycles. The predicted molar refractivity (Wildman–Crippen MR) is 255 cm³/mol. The van der Waals surface area contributed by atoms with Crippen LogP contribution >= 0.6 is 0 Å². The Kier molecular flexibility index (Phi) is 5.46. The van der Waals surface area contributed by atoms with E-state index in [2.05, 4.69) is 10.6 Å². The largest absolute Gasteiger partial charge is 0.310 e. The van der Waals surface area contributed by atoms with Gasteiger partial charge in [-0.2, -0.15) is 0 Å². The Morgan fingerprint density at radius 2 is 0.883 bits per heavy atom. The highest BCUT2D eigenvalue weighted by Crippen LogP contribution is 2.43. The van der Waals surface area contributed by atoms with Gasteiger partial charge in [-0.15, -0.1) is 0 Å². The number of aromatic nitrogens is 1. The van der Waals surface area contributed by atoms with Crippen LogP contribution in [0.2, 0.25) is 0 Å². The minimum absolute atomic E-state index is 0.0331. The average molecular weight is 782 g/mol. The summed E-state index contributed by atoms with van der Waals surface area (Å²) in [5, 5.41) is 3.76. The average Bonchev–Trinajstić information content (AvgIpc) is 3.98. The number of hydrogen-bond donors (Lipinski definition) is 0. The number of para-hydroxylation sites is 2. The molecule has 0 N–H and O–H groups in total. The number of hydrogen-bond acceptors (Lipinski definition) is 1. The first-order valence-electron chi connectivity index (χ1n) is 27.7. The second-order valence-corrected chi connectivity index (χ2v) is 14.0. The van der Waals surface area contributed by atoms with Gasteiger partial charge in [-0.3, -0.25) is 0 Å². The maximum Gasteiger partial charge on any atom is 0.0645 e. The van der Waals surface area contributed by atoms with Crippen molar-refractivity contribution in [2.75, 3.05) is 4.90 Å². The van der Waals surface area contributed by atoms with Crippen LogP contribution in [0.5, 0.6) is 0 Å². The van der Waals surface area contributed by atoms with Gasteiger partial charge in [0.2, 0.25) is 0 Å².